The molecule has 0 radical (unpaired) electrons. The fourth-order valence-electron chi connectivity index (χ4n) is 2.61. The Kier molecular flexibility index (Phi) is 8.00. The Balaban J connectivity index is 2.15. The molecule has 1 N–H and O–H groups in total. The summed E-state index contributed by atoms with van der Waals surface area (Å²) >= 11 is 0. The van der Waals surface area contributed by atoms with Gasteiger partial charge >= 0.3 is 6.36 Å². The van der Waals surface area contributed by atoms with Crippen molar-refractivity contribution in [2.75, 3.05) is 14.2 Å². The average molecular weight is 437 g/mol. The zero-order valence-corrected chi connectivity index (χ0v) is 17.4. The Morgan fingerprint density at radius 2 is 1.87 bits per heavy atom. The molecule has 0 heterocycles. The number of alkyl halides is 3. The zero-order chi connectivity index (χ0) is 23.0. The van der Waals surface area contributed by atoms with Crippen molar-refractivity contribution in [3.8, 4) is 5.75 Å². The minimum Gasteiger partial charge on any atom is -0.406 e. The van der Waals surface area contributed by atoms with Crippen LogP contribution in [0.3, 0.4) is 0 Å². The van der Waals surface area contributed by atoms with Crippen LogP contribution in [0.25, 0.3) is 0 Å². The van der Waals surface area contributed by atoms with Gasteiger partial charge in [-0.05, 0) is 43.2 Å². The molecular weight excluding hydrogens is 415 g/mol. The van der Waals surface area contributed by atoms with Crippen molar-refractivity contribution in [2.24, 2.45) is 10.3 Å². The van der Waals surface area contributed by atoms with Gasteiger partial charge in [0.1, 0.15) is 19.5 Å². The van der Waals surface area contributed by atoms with E-state index in [1.165, 1.54) is 32.4 Å². The first kappa shape index (κ1) is 23.7. The van der Waals surface area contributed by atoms with Crippen LogP contribution >= 0.6 is 0 Å². The number of nitrogens with one attached hydrogen (secondary N) is 1. The SMILES string of the molecule is CNC(=O)/C(=N/OC)c1cc(CO/N=C(\C)c2cccc(OC(F)(F)F)c2)ccc1C. The molecule has 0 atom stereocenters. The number of halogens is 3. The lowest BCUT2D eigenvalue weighted by molar-refractivity contribution is -0.274. The zero-order valence-electron chi connectivity index (χ0n) is 17.4. The quantitative estimate of drug-likeness (QED) is 0.501. The van der Waals surface area contributed by atoms with Crippen LogP contribution in [0.4, 0.5) is 13.2 Å². The molecule has 0 aliphatic heterocycles. The average Bonchev–Trinajstić information content (AvgIpc) is 2.71. The Morgan fingerprint density at radius 1 is 1.13 bits per heavy atom. The smallest absolute Gasteiger partial charge is 0.406 e. The van der Waals surface area contributed by atoms with E-state index < -0.39 is 12.3 Å². The van der Waals surface area contributed by atoms with Crippen LogP contribution < -0.4 is 10.1 Å². The summed E-state index contributed by atoms with van der Waals surface area (Å²) in [6.07, 6.45) is -4.77. The number of hydrogen-bond donors (Lipinski definition) is 1. The number of oxime groups is 2. The summed E-state index contributed by atoms with van der Waals surface area (Å²) in [5, 5.41) is 10.3. The van der Waals surface area contributed by atoms with E-state index in [2.05, 4.69) is 20.4 Å². The molecule has 0 saturated carbocycles. The minimum absolute atomic E-state index is 0.0668. The second-order valence-electron chi connectivity index (χ2n) is 6.38. The molecule has 31 heavy (non-hydrogen) atoms. The first-order valence-corrected chi connectivity index (χ1v) is 9.10. The number of carbonyl (C=O) groups excluding carboxylic acids is 1. The molecule has 0 aliphatic rings. The van der Waals surface area contributed by atoms with Crippen LogP contribution in [0.5, 0.6) is 5.75 Å². The van der Waals surface area contributed by atoms with Gasteiger partial charge in [-0.2, -0.15) is 0 Å². The molecule has 1 amide bonds. The molecule has 10 heteroatoms. The molecule has 0 aliphatic carbocycles. The highest BCUT2D eigenvalue weighted by Crippen LogP contribution is 2.23. The molecule has 0 aromatic heterocycles. The van der Waals surface area contributed by atoms with Crippen LogP contribution in [0.2, 0.25) is 0 Å². The van der Waals surface area contributed by atoms with Crippen LogP contribution in [-0.2, 0) is 21.1 Å². The highest BCUT2D eigenvalue weighted by atomic mass is 19.4. The second kappa shape index (κ2) is 10.5. The summed E-state index contributed by atoms with van der Waals surface area (Å²) in [4.78, 5) is 22.2. The van der Waals surface area contributed by atoms with E-state index >= 15 is 0 Å². The molecule has 2 aromatic carbocycles. The third-order valence-electron chi connectivity index (χ3n) is 4.10. The summed E-state index contributed by atoms with van der Waals surface area (Å²) in [6, 6.07) is 10.8. The molecule has 2 aromatic rings. The maximum absolute atomic E-state index is 12.4. The maximum atomic E-state index is 12.4. The number of aryl methyl sites for hydroxylation is 1. The molecule has 0 unspecified atom stereocenters. The van der Waals surface area contributed by atoms with E-state index in [0.29, 0.717) is 22.4 Å². The van der Waals surface area contributed by atoms with E-state index in [4.69, 9.17) is 9.68 Å². The molecule has 0 bridgehead atoms. The van der Waals surface area contributed by atoms with Gasteiger partial charge in [-0.3, -0.25) is 4.79 Å². The molecular formula is C21H22F3N3O4. The Labute approximate surface area is 177 Å². The van der Waals surface area contributed by atoms with Crippen molar-refractivity contribution in [1.82, 2.24) is 5.32 Å². The van der Waals surface area contributed by atoms with E-state index in [9.17, 15) is 18.0 Å². The standard InChI is InChI=1S/C21H22F3N3O4/c1-13-8-9-15(10-18(13)19(27-29-4)20(28)25-3)12-30-26-14(2)16-6-5-7-17(11-16)31-21(22,23)24/h5-11H,12H2,1-4H3,(H,25,28)/b26-14+,27-19+. The van der Waals surface area contributed by atoms with Crippen molar-refractivity contribution in [3.05, 3.63) is 64.7 Å². The monoisotopic (exact) mass is 437 g/mol. The number of hydrogen-bond acceptors (Lipinski definition) is 6. The van der Waals surface area contributed by atoms with E-state index in [1.807, 2.05) is 6.92 Å². The van der Waals surface area contributed by atoms with Gasteiger partial charge in [0, 0.05) is 18.2 Å². The second-order valence-corrected chi connectivity index (χ2v) is 6.38. The van der Waals surface area contributed by atoms with Crippen molar-refractivity contribution in [2.45, 2.75) is 26.8 Å². The van der Waals surface area contributed by atoms with Gasteiger partial charge in [0.25, 0.3) is 5.91 Å². The van der Waals surface area contributed by atoms with E-state index in [0.717, 1.165) is 5.56 Å². The minimum atomic E-state index is -4.77. The normalized spacial score (nSPS) is 12.4. The summed E-state index contributed by atoms with van der Waals surface area (Å²) in [5.74, 6) is -0.750. The summed E-state index contributed by atoms with van der Waals surface area (Å²) in [5.41, 5.74) is 2.99. The third kappa shape index (κ3) is 7.02. The Bertz CT molecular complexity index is 988. The number of benzene rings is 2. The molecule has 0 fully saturated rings. The highest BCUT2D eigenvalue weighted by Gasteiger charge is 2.31. The van der Waals surface area contributed by atoms with Gasteiger partial charge in [0.15, 0.2) is 5.71 Å². The number of carbonyl (C=O) groups is 1. The lowest BCUT2D eigenvalue weighted by Gasteiger charge is -2.11. The fourth-order valence-corrected chi connectivity index (χ4v) is 2.61. The molecule has 7 nitrogen and oxygen atoms in total. The first-order valence-electron chi connectivity index (χ1n) is 9.10. The lowest BCUT2D eigenvalue weighted by Crippen LogP contribution is -2.29. The highest BCUT2D eigenvalue weighted by molar-refractivity contribution is 6.45. The molecule has 0 saturated heterocycles. The molecule has 166 valence electrons. The summed E-state index contributed by atoms with van der Waals surface area (Å²) in [7, 11) is 2.83. The van der Waals surface area contributed by atoms with Crippen molar-refractivity contribution < 1.29 is 32.4 Å². The predicted molar refractivity (Wildman–Crippen MR) is 109 cm³/mol. The molecule has 0 spiro atoms. The number of rotatable bonds is 8. The predicted octanol–water partition coefficient (Wildman–Crippen LogP) is 3.93. The summed E-state index contributed by atoms with van der Waals surface area (Å²) < 4.78 is 41.1. The maximum Gasteiger partial charge on any atom is 0.573 e. The van der Waals surface area contributed by atoms with Gasteiger partial charge in [-0.15, -0.1) is 13.2 Å². The van der Waals surface area contributed by atoms with Crippen molar-refractivity contribution in [1.29, 1.82) is 0 Å². The van der Waals surface area contributed by atoms with Gasteiger partial charge in [0.2, 0.25) is 0 Å². The Hall–Kier alpha value is -3.56. The van der Waals surface area contributed by atoms with E-state index in [-0.39, 0.29) is 18.1 Å². The first-order chi connectivity index (χ1) is 14.6. The van der Waals surface area contributed by atoms with Crippen molar-refractivity contribution in [3.63, 3.8) is 0 Å². The van der Waals surface area contributed by atoms with Crippen LogP contribution in [0, 0.1) is 6.92 Å². The van der Waals surface area contributed by atoms with Crippen molar-refractivity contribution >= 4 is 17.3 Å². The Morgan fingerprint density at radius 3 is 2.52 bits per heavy atom. The van der Waals surface area contributed by atoms with Gasteiger partial charge in [0.05, 0.1) is 5.71 Å². The third-order valence-corrected chi connectivity index (χ3v) is 4.10. The molecule has 2 rings (SSSR count). The van der Waals surface area contributed by atoms with Crippen LogP contribution in [0.15, 0.2) is 52.8 Å². The number of nitrogens with zero attached hydrogens (tertiary/aromatic N) is 2. The number of amides is 1. The van der Waals surface area contributed by atoms with E-state index in [1.54, 1.807) is 31.2 Å². The topological polar surface area (TPSA) is 81.5 Å². The number of likely N-dealkylation sites (N-methyl/N-ethyl adjacent to an activating group) is 1. The fraction of sp³-hybridized carbons (Fsp3) is 0.286. The number of ether oxygens (including phenoxy) is 1. The largest absolute Gasteiger partial charge is 0.573 e. The van der Waals surface area contributed by atoms with Gasteiger partial charge in [-0.25, -0.2) is 0 Å². The van der Waals surface area contributed by atoms with Crippen LogP contribution in [-0.4, -0.2) is 37.9 Å². The summed E-state index contributed by atoms with van der Waals surface area (Å²) in [6.45, 7) is 3.49. The van der Waals surface area contributed by atoms with Crippen LogP contribution in [0.1, 0.15) is 29.2 Å². The lowest BCUT2D eigenvalue weighted by atomic mass is 10.0. The van der Waals surface area contributed by atoms with Gasteiger partial charge in [-0.1, -0.05) is 34.6 Å². The van der Waals surface area contributed by atoms with Gasteiger partial charge < -0.3 is 19.7 Å².